The second-order valence-electron chi connectivity index (χ2n) is 4.76. The lowest BCUT2D eigenvalue weighted by Crippen LogP contribution is -2.54. The number of primary amides is 1. The van der Waals surface area contributed by atoms with Crippen LogP contribution in [0, 0.1) is 0 Å². The summed E-state index contributed by atoms with van der Waals surface area (Å²) in [5.74, 6) is -0.704. The molecular weight excluding hydrogens is 222 g/mol. The monoisotopic (exact) mass is 243 g/mol. The molecule has 1 fully saturated rings. The van der Waals surface area contributed by atoms with Crippen LogP contribution < -0.4 is 11.1 Å². The van der Waals surface area contributed by atoms with Crippen molar-refractivity contribution < 1.29 is 14.3 Å². The van der Waals surface area contributed by atoms with Crippen molar-refractivity contribution in [1.82, 2.24) is 10.2 Å². The van der Waals surface area contributed by atoms with Gasteiger partial charge < -0.3 is 20.7 Å². The number of hydrogen-bond donors (Lipinski definition) is 2. The minimum absolute atomic E-state index is 0.0180. The maximum absolute atomic E-state index is 12.3. The van der Waals surface area contributed by atoms with E-state index in [1.165, 1.54) is 12.0 Å². The maximum atomic E-state index is 12.3. The van der Waals surface area contributed by atoms with E-state index in [0.717, 1.165) is 13.0 Å². The van der Waals surface area contributed by atoms with Crippen LogP contribution >= 0.6 is 0 Å². The SMILES string of the molecule is COC(C)(C)C(=O)N(CC(N)=O)C1CCNC1. The van der Waals surface area contributed by atoms with Crippen LogP contribution in [-0.2, 0) is 14.3 Å². The number of carbonyl (C=O) groups excluding carboxylic acids is 2. The lowest BCUT2D eigenvalue weighted by Gasteiger charge is -2.34. The fourth-order valence-electron chi connectivity index (χ4n) is 1.87. The van der Waals surface area contributed by atoms with E-state index in [1.54, 1.807) is 13.8 Å². The number of nitrogens with one attached hydrogen (secondary N) is 1. The molecule has 2 amide bonds. The number of nitrogens with zero attached hydrogens (tertiary/aromatic N) is 1. The molecule has 1 unspecified atom stereocenters. The molecule has 3 N–H and O–H groups in total. The molecule has 0 radical (unpaired) electrons. The molecule has 98 valence electrons. The number of methoxy groups -OCH3 is 1. The first-order chi connectivity index (χ1) is 7.88. The summed E-state index contributed by atoms with van der Waals surface area (Å²) in [6.07, 6.45) is 0.832. The highest BCUT2D eigenvalue weighted by Crippen LogP contribution is 2.17. The molecule has 0 bridgehead atoms. The number of hydrogen-bond acceptors (Lipinski definition) is 4. The van der Waals surface area contributed by atoms with Crippen molar-refractivity contribution in [1.29, 1.82) is 0 Å². The topological polar surface area (TPSA) is 84.7 Å². The molecule has 17 heavy (non-hydrogen) atoms. The van der Waals surface area contributed by atoms with E-state index < -0.39 is 11.5 Å². The average molecular weight is 243 g/mol. The Labute approximate surface area is 101 Å². The molecular formula is C11H21N3O3. The summed E-state index contributed by atoms with van der Waals surface area (Å²) in [6, 6.07) is 0.0180. The summed E-state index contributed by atoms with van der Waals surface area (Å²) in [6.45, 7) is 4.86. The van der Waals surface area contributed by atoms with E-state index >= 15 is 0 Å². The third-order valence-corrected chi connectivity index (χ3v) is 3.09. The van der Waals surface area contributed by atoms with Crippen molar-refractivity contribution in [2.24, 2.45) is 5.73 Å². The minimum Gasteiger partial charge on any atom is -0.369 e. The molecule has 1 saturated heterocycles. The quantitative estimate of drug-likeness (QED) is 0.654. The average Bonchev–Trinajstić information content (AvgIpc) is 2.77. The van der Waals surface area contributed by atoms with Gasteiger partial charge in [-0.15, -0.1) is 0 Å². The van der Waals surface area contributed by atoms with Gasteiger partial charge in [0.2, 0.25) is 5.91 Å². The van der Waals surface area contributed by atoms with Gasteiger partial charge in [-0.2, -0.15) is 0 Å². The zero-order valence-electron chi connectivity index (χ0n) is 10.7. The number of rotatable bonds is 5. The summed E-state index contributed by atoms with van der Waals surface area (Å²) in [7, 11) is 1.48. The van der Waals surface area contributed by atoms with E-state index in [0.29, 0.717) is 6.54 Å². The predicted molar refractivity (Wildman–Crippen MR) is 63.3 cm³/mol. The van der Waals surface area contributed by atoms with Crippen molar-refractivity contribution in [2.45, 2.75) is 31.9 Å². The van der Waals surface area contributed by atoms with Crippen molar-refractivity contribution in [3.8, 4) is 0 Å². The highest BCUT2D eigenvalue weighted by molar-refractivity contribution is 5.89. The largest absolute Gasteiger partial charge is 0.369 e. The number of carbonyl (C=O) groups is 2. The van der Waals surface area contributed by atoms with E-state index in [4.69, 9.17) is 10.5 Å². The van der Waals surface area contributed by atoms with E-state index in [2.05, 4.69) is 5.32 Å². The van der Waals surface area contributed by atoms with Crippen molar-refractivity contribution in [3.05, 3.63) is 0 Å². The highest BCUT2D eigenvalue weighted by atomic mass is 16.5. The zero-order valence-corrected chi connectivity index (χ0v) is 10.7. The van der Waals surface area contributed by atoms with E-state index in [1.807, 2.05) is 0 Å². The fourth-order valence-corrected chi connectivity index (χ4v) is 1.87. The highest BCUT2D eigenvalue weighted by Gasteiger charge is 2.37. The molecule has 0 aromatic heterocycles. The second-order valence-corrected chi connectivity index (χ2v) is 4.76. The van der Waals surface area contributed by atoms with Gasteiger partial charge in [0.15, 0.2) is 0 Å². The Bertz CT molecular complexity index is 298. The van der Waals surface area contributed by atoms with Gasteiger partial charge in [0.1, 0.15) is 5.60 Å². The molecule has 6 nitrogen and oxygen atoms in total. The van der Waals surface area contributed by atoms with Gasteiger partial charge in [0.05, 0.1) is 6.54 Å². The molecule has 0 aliphatic carbocycles. The van der Waals surface area contributed by atoms with Crippen LogP contribution in [0.1, 0.15) is 20.3 Å². The maximum Gasteiger partial charge on any atom is 0.254 e. The first kappa shape index (κ1) is 13.9. The zero-order chi connectivity index (χ0) is 13.1. The third-order valence-electron chi connectivity index (χ3n) is 3.09. The van der Waals surface area contributed by atoms with Gasteiger partial charge in [-0.25, -0.2) is 0 Å². The number of nitrogens with two attached hydrogens (primary N) is 1. The van der Waals surface area contributed by atoms with Crippen LogP contribution in [0.4, 0.5) is 0 Å². The van der Waals surface area contributed by atoms with Gasteiger partial charge in [0, 0.05) is 19.7 Å². The molecule has 1 aliphatic heterocycles. The van der Waals surface area contributed by atoms with Gasteiger partial charge in [-0.3, -0.25) is 9.59 Å². The second kappa shape index (κ2) is 5.46. The lowest BCUT2D eigenvalue weighted by molar-refractivity contribution is -0.154. The van der Waals surface area contributed by atoms with Gasteiger partial charge >= 0.3 is 0 Å². The summed E-state index contributed by atoms with van der Waals surface area (Å²) < 4.78 is 5.16. The van der Waals surface area contributed by atoms with Crippen LogP contribution in [0.5, 0.6) is 0 Å². The van der Waals surface area contributed by atoms with Gasteiger partial charge in [-0.05, 0) is 26.8 Å². The third kappa shape index (κ3) is 3.41. The standard InChI is InChI=1S/C11H21N3O3/c1-11(2,17-3)10(16)14(7-9(12)15)8-4-5-13-6-8/h8,13H,4-7H2,1-3H3,(H2,12,15). The minimum atomic E-state index is -0.933. The van der Waals surface area contributed by atoms with Crippen LogP contribution in [0.2, 0.25) is 0 Å². The Morgan fingerprint density at radius 2 is 2.18 bits per heavy atom. The van der Waals surface area contributed by atoms with Crippen LogP contribution in [0.3, 0.4) is 0 Å². The van der Waals surface area contributed by atoms with E-state index in [9.17, 15) is 9.59 Å². The van der Waals surface area contributed by atoms with Crippen LogP contribution in [0.25, 0.3) is 0 Å². The van der Waals surface area contributed by atoms with Crippen molar-refractivity contribution >= 4 is 11.8 Å². The normalized spacial score (nSPS) is 20.3. The predicted octanol–water partition coefficient (Wildman–Crippen LogP) is -0.913. The molecule has 0 spiro atoms. The van der Waals surface area contributed by atoms with Crippen molar-refractivity contribution in [3.63, 3.8) is 0 Å². The van der Waals surface area contributed by atoms with E-state index in [-0.39, 0.29) is 18.5 Å². The number of ether oxygens (including phenoxy) is 1. The molecule has 1 aliphatic rings. The first-order valence-electron chi connectivity index (χ1n) is 5.73. The first-order valence-corrected chi connectivity index (χ1v) is 5.73. The van der Waals surface area contributed by atoms with Gasteiger partial charge in [0.25, 0.3) is 5.91 Å². The molecule has 1 atom stereocenters. The van der Waals surface area contributed by atoms with Crippen LogP contribution in [-0.4, -0.2) is 55.1 Å². The lowest BCUT2D eigenvalue weighted by atomic mass is 10.1. The summed E-state index contributed by atoms with van der Waals surface area (Å²) in [5, 5.41) is 3.16. The number of amides is 2. The molecule has 1 rings (SSSR count). The summed E-state index contributed by atoms with van der Waals surface area (Å²) >= 11 is 0. The Kier molecular flexibility index (Phi) is 4.47. The Hall–Kier alpha value is -1.14. The fraction of sp³-hybridized carbons (Fsp3) is 0.818. The molecule has 6 heteroatoms. The Balaban J connectivity index is 2.81. The van der Waals surface area contributed by atoms with Gasteiger partial charge in [-0.1, -0.05) is 0 Å². The summed E-state index contributed by atoms with van der Waals surface area (Å²) in [4.78, 5) is 24.9. The summed E-state index contributed by atoms with van der Waals surface area (Å²) in [5.41, 5.74) is 4.26. The van der Waals surface area contributed by atoms with Crippen molar-refractivity contribution in [2.75, 3.05) is 26.7 Å². The molecule has 0 aromatic carbocycles. The molecule has 0 saturated carbocycles. The Morgan fingerprint density at radius 1 is 1.53 bits per heavy atom. The Morgan fingerprint density at radius 3 is 2.59 bits per heavy atom. The molecule has 0 aromatic rings. The molecule has 1 heterocycles. The smallest absolute Gasteiger partial charge is 0.254 e. The van der Waals surface area contributed by atoms with Crippen LogP contribution in [0.15, 0.2) is 0 Å².